The number of aryl methyl sites for hydroxylation is 2. The largest absolute Gasteiger partial charge is 0.497 e. The van der Waals surface area contributed by atoms with Crippen molar-refractivity contribution in [3.63, 3.8) is 0 Å². The molecule has 4 rings (SSSR count). The molecule has 0 aliphatic carbocycles. The third-order valence-corrected chi connectivity index (χ3v) is 5.09. The minimum absolute atomic E-state index is 0.125. The first-order chi connectivity index (χ1) is 14.9. The average Bonchev–Trinajstić information content (AvgIpc) is 3.16. The van der Waals surface area contributed by atoms with Crippen molar-refractivity contribution < 1.29 is 14.1 Å². The number of ether oxygens (including phenoxy) is 1. The van der Waals surface area contributed by atoms with Crippen LogP contribution in [-0.4, -0.2) is 28.0 Å². The second-order valence-electron chi connectivity index (χ2n) is 7.33. The van der Waals surface area contributed by atoms with Gasteiger partial charge < -0.3 is 14.6 Å². The van der Waals surface area contributed by atoms with Crippen LogP contribution in [0, 0.1) is 13.8 Å². The molecule has 2 heterocycles. The summed E-state index contributed by atoms with van der Waals surface area (Å²) >= 11 is 0. The number of hydrogen-bond acceptors (Lipinski definition) is 6. The van der Waals surface area contributed by atoms with Crippen LogP contribution >= 0.6 is 0 Å². The van der Waals surface area contributed by atoms with Gasteiger partial charge in [0.15, 0.2) is 5.52 Å². The van der Waals surface area contributed by atoms with Gasteiger partial charge in [-0.2, -0.15) is 5.10 Å². The van der Waals surface area contributed by atoms with E-state index in [0.29, 0.717) is 28.3 Å². The van der Waals surface area contributed by atoms with Crippen molar-refractivity contribution in [2.24, 2.45) is 0 Å². The Morgan fingerprint density at radius 1 is 1.16 bits per heavy atom. The first kappa shape index (κ1) is 20.3. The number of aromatic nitrogens is 3. The lowest BCUT2D eigenvalue weighted by atomic mass is 10.1. The van der Waals surface area contributed by atoms with Crippen LogP contribution in [0.3, 0.4) is 0 Å². The summed E-state index contributed by atoms with van der Waals surface area (Å²) in [5.41, 5.74) is 2.50. The summed E-state index contributed by atoms with van der Waals surface area (Å²) in [6.07, 6.45) is 0. The normalized spacial score (nSPS) is 12.0. The van der Waals surface area contributed by atoms with Crippen molar-refractivity contribution in [1.29, 1.82) is 0 Å². The van der Waals surface area contributed by atoms with E-state index < -0.39 is 11.6 Å². The quantitative estimate of drug-likeness (QED) is 0.528. The highest BCUT2D eigenvalue weighted by Gasteiger charge is 2.24. The molecule has 1 amide bonds. The van der Waals surface area contributed by atoms with Crippen LogP contribution in [0.25, 0.3) is 22.2 Å². The topological polar surface area (TPSA) is 99.2 Å². The summed E-state index contributed by atoms with van der Waals surface area (Å²) in [6, 6.07) is 13.9. The van der Waals surface area contributed by atoms with E-state index in [4.69, 9.17) is 9.26 Å². The average molecular weight is 418 g/mol. The van der Waals surface area contributed by atoms with Crippen LogP contribution in [-0.2, 0) is 4.79 Å². The van der Waals surface area contributed by atoms with E-state index in [2.05, 4.69) is 15.6 Å². The van der Waals surface area contributed by atoms with Gasteiger partial charge in [0.25, 0.3) is 5.56 Å². The lowest BCUT2D eigenvalue weighted by molar-refractivity contribution is -0.119. The fourth-order valence-corrected chi connectivity index (χ4v) is 3.42. The Morgan fingerprint density at radius 2 is 1.94 bits per heavy atom. The van der Waals surface area contributed by atoms with E-state index in [1.54, 1.807) is 33.1 Å². The van der Waals surface area contributed by atoms with Crippen LogP contribution in [0.4, 0.5) is 5.69 Å². The summed E-state index contributed by atoms with van der Waals surface area (Å²) < 4.78 is 11.7. The first-order valence-electron chi connectivity index (χ1n) is 9.80. The molecule has 2 aromatic carbocycles. The summed E-state index contributed by atoms with van der Waals surface area (Å²) in [5.74, 6) is 0.752. The SMILES string of the molecule is COc1cccc(-c2nn(C(C)C(=O)Nc3cccc(C)c3)c(=O)c3noc(C)c23)c1. The number of carbonyl (C=O) groups is 1. The summed E-state index contributed by atoms with van der Waals surface area (Å²) in [4.78, 5) is 26.0. The van der Waals surface area contributed by atoms with E-state index >= 15 is 0 Å². The number of fused-ring (bicyclic) bond motifs is 1. The molecule has 0 aliphatic heterocycles. The Bertz CT molecular complexity index is 1340. The van der Waals surface area contributed by atoms with Crippen molar-refractivity contribution >= 4 is 22.5 Å². The van der Waals surface area contributed by atoms with E-state index in [0.717, 1.165) is 15.8 Å². The maximum Gasteiger partial charge on any atom is 0.297 e. The Labute approximate surface area is 178 Å². The molecule has 0 fully saturated rings. The molecule has 1 unspecified atom stereocenters. The van der Waals surface area contributed by atoms with E-state index in [1.807, 2.05) is 43.3 Å². The van der Waals surface area contributed by atoms with Crippen molar-refractivity contribution in [3.05, 3.63) is 70.2 Å². The van der Waals surface area contributed by atoms with E-state index in [1.165, 1.54) is 0 Å². The van der Waals surface area contributed by atoms with Crippen molar-refractivity contribution in [2.75, 3.05) is 12.4 Å². The smallest absolute Gasteiger partial charge is 0.297 e. The van der Waals surface area contributed by atoms with E-state index in [-0.39, 0.29) is 11.4 Å². The molecule has 0 aliphatic rings. The molecular formula is C23H22N4O4. The fourth-order valence-electron chi connectivity index (χ4n) is 3.42. The van der Waals surface area contributed by atoms with Gasteiger partial charge in [-0.3, -0.25) is 9.59 Å². The predicted molar refractivity (Wildman–Crippen MR) is 117 cm³/mol. The van der Waals surface area contributed by atoms with Crippen molar-refractivity contribution in [3.8, 4) is 17.0 Å². The number of anilines is 1. The van der Waals surface area contributed by atoms with Gasteiger partial charge in [-0.15, -0.1) is 0 Å². The molecule has 1 N–H and O–H groups in total. The highest BCUT2D eigenvalue weighted by atomic mass is 16.5. The Hall–Kier alpha value is -3.94. The molecule has 4 aromatic rings. The number of benzene rings is 2. The van der Waals surface area contributed by atoms with Crippen LogP contribution in [0.1, 0.15) is 24.3 Å². The molecule has 0 saturated carbocycles. The molecule has 1 atom stereocenters. The molecule has 31 heavy (non-hydrogen) atoms. The van der Waals surface area contributed by atoms with Gasteiger partial charge in [0.1, 0.15) is 23.2 Å². The van der Waals surface area contributed by atoms with E-state index in [9.17, 15) is 9.59 Å². The van der Waals surface area contributed by atoms with Crippen LogP contribution in [0.2, 0.25) is 0 Å². The van der Waals surface area contributed by atoms with Gasteiger partial charge in [-0.25, -0.2) is 4.68 Å². The molecular weight excluding hydrogens is 396 g/mol. The minimum Gasteiger partial charge on any atom is -0.497 e. The number of nitrogens with one attached hydrogen (secondary N) is 1. The third kappa shape index (κ3) is 3.79. The maximum absolute atomic E-state index is 13.1. The van der Waals surface area contributed by atoms with Crippen LogP contribution < -0.4 is 15.6 Å². The molecule has 0 bridgehead atoms. The highest BCUT2D eigenvalue weighted by Crippen LogP contribution is 2.30. The van der Waals surface area contributed by atoms with Gasteiger partial charge >= 0.3 is 0 Å². The summed E-state index contributed by atoms with van der Waals surface area (Å²) in [6.45, 7) is 5.28. The Morgan fingerprint density at radius 3 is 2.68 bits per heavy atom. The molecule has 158 valence electrons. The van der Waals surface area contributed by atoms with Crippen molar-refractivity contribution in [1.82, 2.24) is 14.9 Å². The third-order valence-electron chi connectivity index (χ3n) is 5.09. The Kier molecular flexibility index (Phi) is 5.29. The number of nitrogens with zero attached hydrogens (tertiary/aromatic N) is 3. The van der Waals surface area contributed by atoms with Gasteiger partial charge in [0, 0.05) is 11.3 Å². The number of amides is 1. The van der Waals surface area contributed by atoms with Crippen LogP contribution in [0.5, 0.6) is 5.75 Å². The number of methoxy groups -OCH3 is 1. The first-order valence-corrected chi connectivity index (χ1v) is 9.80. The molecule has 8 heteroatoms. The number of carbonyl (C=O) groups excluding carboxylic acids is 1. The van der Waals surface area contributed by atoms with Gasteiger partial charge in [-0.05, 0) is 50.6 Å². The van der Waals surface area contributed by atoms with Crippen LogP contribution in [0.15, 0.2) is 57.8 Å². The lowest BCUT2D eigenvalue weighted by Crippen LogP contribution is -2.34. The molecule has 0 saturated heterocycles. The monoisotopic (exact) mass is 418 g/mol. The summed E-state index contributed by atoms with van der Waals surface area (Å²) in [7, 11) is 1.57. The van der Waals surface area contributed by atoms with Crippen molar-refractivity contribution in [2.45, 2.75) is 26.8 Å². The molecule has 2 aromatic heterocycles. The zero-order valence-electron chi connectivity index (χ0n) is 17.7. The highest BCUT2D eigenvalue weighted by molar-refractivity contribution is 5.95. The minimum atomic E-state index is -0.876. The summed E-state index contributed by atoms with van der Waals surface area (Å²) in [5, 5.41) is 11.8. The second kappa shape index (κ2) is 8.06. The van der Waals surface area contributed by atoms with Gasteiger partial charge in [0.2, 0.25) is 5.91 Å². The maximum atomic E-state index is 13.1. The van der Waals surface area contributed by atoms with Gasteiger partial charge in [0.05, 0.1) is 12.5 Å². The standard InChI is InChI=1S/C23H22N4O4/c1-13-7-5-9-17(11-13)24-22(28)14(2)27-23(29)21-19(15(3)31-26-21)20(25-27)16-8-6-10-18(12-16)30-4/h5-12,14H,1-4H3,(H,24,28). The molecule has 0 spiro atoms. The van der Waals surface area contributed by atoms with Gasteiger partial charge in [-0.1, -0.05) is 29.4 Å². The second-order valence-corrected chi connectivity index (χ2v) is 7.33. The molecule has 0 radical (unpaired) electrons. The Balaban J connectivity index is 1.82. The number of hydrogen-bond donors (Lipinski definition) is 1. The predicted octanol–water partition coefficient (Wildman–Crippen LogP) is 3.88. The lowest BCUT2D eigenvalue weighted by Gasteiger charge is -2.16. The zero-order chi connectivity index (χ0) is 22.1. The zero-order valence-corrected chi connectivity index (χ0v) is 17.7. The molecule has 8 nitrogen and oxygen atoms in total. The fraction of sp³-hybridized carbons (Fsp3) is 0.217. The number of rotatable bonds is 5.